The van der Waals surface area contributed by atoms with E-state index < -0.39 is 0 Å². The van der Waals surface area contributed by atoms with E-state index >= 15 is 0 Å². The SMILES string of the molecule is Cl.c1ccc(-n2nnnc2CN2CCC(NCC3CC3)CC2)cc1. The van der Waals surface area contributed by atoms with Crippen LogP contribution in [0.4, 0.5) is 0 Å². The minimum Gasteiger partial charge on any atom is -0.314 e. The molecule has 1 aliphatic heterocycles. The van der Waals surface area contributed by atoms with Crippen LogP contribution in [0.1, 0.15) is 31.5 Å². The number of aromatic nitrogens is 4. The van der Waals surface area contributed by atoms with E-state index in [2.05, 4.69) is 25.7 Å². The first kappa shape index (κ1) is 17.3. The molecule has 1 saturated carbocycles. The molecule has 1 aromatic heterocycles. The van der Waals surface area contributed by atoms with Gasteiger partial charge in [-0.15, -0.1) is 17.5 Å². The predicted molar refractivity (Wildman–Crippen MR) is 95.4 cm³/mol. The maximum absolute atomic E-state index is 4.22. The molecule has 1 aliphatic carbocycles. The second kappa shape index (κ2) is 8.05. The number of likely N-dealkylation sites (tertiary alicyclic amines) is 1. The van der Waals surface area contributed by atoms with Crippen molar-refractivity contribution in [3.8, 4) is 5.69 Å². The summed E-state index contributed by atoms with van der Waals surface area (Å²) in [7, 11) is 0. The van der Waals surface area contributed by atoms with E-state index in [-0.39, 0.29) is 12.4 Å². The van der Waals surface area contributed by atoms with Crippen LogP contribution < -0.4 is 5.32 Å². The molecule has 2 fully saturated rings. The lowest BCUT2D eigenvalue weighted by Crippen LogP contribution is -2.43. The van der Waals surface area contributed by atoms with Crippen molar-refractivity contribution in [1.82, 2.24) is 30.4 Å². The fourth-order valence-corrected chi connectivity index (χ4v) is 3.22. The van der Waals surface area contributed by atoms with Crippen molar-refractivity contribution in [1.29, 1.82) is 0 Å². The Morgan fingerprint density at radius 2 is 1.79 bits per heavy atom. The van der Waals surface area contributed by atoms with Gasteiger partial charge in [-0.05, 0) is 60.7 Å². The fraction of sp³-hybridized carbons (Fsp3) is 0.588. The highest BCUT2D eigenvalue weighted by atomic mass is 35.5. The zero-order valence-corrected chi connectivity index (χ0v) is 14.7. The Labute approximate surface area is 149 Å². The highest BCUT2D eigenvalue weighted by Gasteiger charge is 2.25. The number of para-hydroxylation sites is 1. The molecular weight excluding hydrogens is 324 g/mol. The fourth-order valence-electron chi connectivity index (χ4n) is 3.22. The van der Waals surface area contributed by atoms with E-state index in [0.29, 0.717) is 6.04 Å². The highest BCUT2D eigenvalue weighted by Crippen LogP contribution is 2.28. The van der Waals surface area contributed by atoms with Gasteiger partial charge in [0, 0.05) is 19.1 Å². The van der Waals surface area contributed by atoms with Crippen LogP contribution in [0.5, 0.6) is 0 Å². The van der Waals surface area contributed by atoms with Crippen LogP contribution >= 0.6 is 12.4 Å². The van der Waals surface area contributed by atoms with Gasteiger partial charge < -0.3 is 5.32 Å². The number of hydrogen-bond donors (Lipinski definition) is 1. The lowest BCUT2D eigenvalue weighted by Gasteiger charge is -2.32. The Morgan fingerprint density at radius 3 is 2.50 bits per heavy atom. The minimum atomic E-state index is 0. The average Bonchev–Trinajstić information content (AvgIpc) is 3.32. The first-order chi connectivity index (χ1) is 11.4. The van der Waals surface area contributed by atoms with Crippen molar-refractivity contribution >= 4 is 12.4 Å². The van der Waals surface area contributed by atoms with E-state index in [1.807, 2.05) is 35.0 Å². The lowest BCUT2D eigenvalue weighted by molar-refractivity contribution is 0.185. The van der Waals surface area contributed by atoms with Crippen LogP contribution in [0.15, 0.2) is 30.3 Å². The number of nitrogens with one attached hydrogen (secondary N) is 1. The summed E-state index contributed by atoms with van der Waals surface area (Å²) in [5, 5.41) is 15.9. The van der Waals surface area contributed by atoms with Gasteiger partial charge in [0.05, 0.1) is 12.2 Å². The third-order valence-corrected chi connectivity index (χ3v) is 4.88. The van der Waals surface area contributed by atoms with Gasteiger partial charge in [-0.3, -0.25) is 4.90 Å². The molecule has 4 rings (SSSR count). The van der Waals surface area contributed by atoms with Crippen LogP contribution in [-0.4, -0.2) is 50.8 Å². The molecule has 7 heteroatoms. The van der Waals surface area contributed by atoms with Gasteiger partial charge >= 0.3 is 0 Å². The van der Waals surface area contributed by atoms with Crippen molar-refractivity contribution < 1.29 is 0 Å². The van der Waals surface area contributed by atoms with Crippen molar-refractivity contribution in [3.63, 3.8) is 0 Å². The molecule has 0 amide bonds. The zero-order valence-electron chi connectivity index (χ0n) is 13.8. The summed E-state index contributed by atoms with van der Waals surface area (Å²) in [5.74, 6) is 1.88. The van der Waals surface area contributed by atoms with Crippen molar-refractivity contribution in [3.05, 3.63) is 36.2 Å². The lowest BCUT2D eigenvalue weighted by atomic mass is 10.0. The Balaban J connectivity index is 0.00000169. The quantitative estimate of drug-likeness (QED) is 0.865. The second-order valence-corrected chi connectivity index (χ2v) is 6.74. The number of benzene rings is 1. The summed E-state index contributed by atoms with van der Waals surface area (Å²) in [6.07, 6.45) is 5.29. The van der Waals surface area contributed by atoms with Gasteiger partial charge in [-0.1, -0.05) is 18.2 Å². The summed E-state index contributed by atoms with van der Waals surface area (Å²) in [6.45, 7) is 4.27. The molecule has 1 aromatic carbocycles. The molecule has 6 nitrogen and oxygen atoms in total. The van der Waals surface area contributed by atoms with E-state index in [1.54, 1.807) is 0 Å². The summed E-state index contributed by atoms with van der Waals surface area (Å²) in [5.41, 5.74) is 1.02. The molecule has 0 spiro atoms. The largest absolute Gasteiger partial charge is 0.314 e. The minimum absolute atomic E-state index is 0. The maximum atomic E-state index is 4.22. The number of nitrogens with zero attached hydrogens (tertiary/aromatic N) is 5. The molecule has 0 atom stereocenters. The summed E-state index contributed by atoms with van der Waals surface area (Å²) >= 11 is 0. The van der Waals surface area contributed by atoms with Crippen molar-refractivity contribution in [2.24, 2.45) is 5.92 Å². The van der Waals surface area contributed by atoms with Gasteiger partial charge in [0.2, 0.25) is 0 Å². The van der Waals surface area contributed by atoms with E-state index in [4.69, 9.17) is 0 Å². The second-order valence-electron chi connectivity index (χ2n) is 6.74. The summed E-state index contributed by atoms with van der Waals surface area (Å²) in [4.78, 5) is 2.46. The van der Waals surface area contributed by atoms with Crippen LogP contribution in [0.3, 0.4) is 0 Å². The van der Waals surface area contributed by atoms with Crippen molar-refractivity contribution in [2.45, 2.75) is 38.3 Å². The summed E-state index contributed by atoms with van der Waals surface area (Å²) in [6, 6.07) is 10.8. The topological polar surface area (TPSA) is 58.9 Å². The third kappa shape index (κ3) is 4.32. The molecule has 1 saturated heterocycles. The highest BCUT2D eigenvalue weighted by molar-refractivity contribution is 5.85. The molecule has 0 bridgehead atoms. The van der Waals surface area contributed by atoms with E-state index in [9.17, 15) is 0 Å². The van der Waals surface area contributed by atoms with E-state index in [0.717, 1.165) is 37.1 Å². The van der Waals surface area contributed by atoms with Crippen LogP contribution in [0.2, 0.25) is 0 Å². The number of rotatable bonds is 6. The van der Waals surface area contributed by atoms with E-state index in [1.165, 1.54) is 32.2 Å². The first-order valence-electron chi connectivity index (χ1n) is 8.67. The monoisotopic (exact) mass is 348 g/mol. The molecule has 2 heterocycles. The normalized spacial score (nSPS) is 19.2. The zero-order chi connectivity index (χ0) is 15.5. The number of tetrazole rings is 1. The van der Waals surface area contributed by atoms with Gasteiger partial charge in [0.25, 0.3) is 0 Å². The Morgan fingerprint density at radius 1 is 1.04 bits per heavy atom. The molecule has 0 radical (unpaired) electrons. The Bertz CT molecular complexity index is 619. The van der Waals surface area contributed by atoms with Gasteiger partial charge in [0.1, 0.15) is 0 Å². The molecule has 130 valence electrons. The van der Waals surface area contributed by atoms with Crippen LogP contribution in [0, 0.1) is 5.92 Å². The average molecular weight is 349 g/mol. The molecule has 2 aromatic rings. The number of piperidine rings is 1. The van der Waals surface area contributed by atoms with Crippen LogP contribution in [0.25, 0.3) is 5.69 Å². The molecule has 0 unspecified atom stereocenters. The smallest absolute Gasteiger partial charge is 0.170 e. The molecular formula is C17H25ClN6. The first-order valence-corrected chi connectivity index (χ1v) is 8.67. The third-order valence-electron chi connectivity index (χ3n) is 4.88. The van der Waals surface area contributed by atoms with Crippen molar-refractivity contribution in [2.75, 3.05) is 19.6 Å². The molecule has 24 heavy (non-hydrogen) atoms. The van der Waals surface area contributed by atoms with Gasteiger partial charge in [-0.25, -0.2) is 0 Å². The van der Waals surface area contributed by atoms with Crippen LogP contribution in [-0.2, 0) is 6.54 Å². The molecule has 1 N–H and O–H groups in total. The van der Waals surface area contributed by atoms with Gasteiger partial charge in [-0.2, -0.15) is 4.68 Å². The number of halogens is 1. The summed E-state index contributed by atoms with van der Waals surface area (Å²) < 4.78 is 1.84. The standard InChI is InChI=1S/C17H24N6.ClH/c1-2-4-16(5-3-1)23-17(19-20-21-23)13-22-10-8-15(9-11-22)18-12-14-6-7-14;/h1-5,14-15,18H,6-13H2;1H. The molecule has 2 aliphatic rings. The Hall–Kier alpha value is -1.50. The maximum Gasteiger partial charge on any atom is 0.170 e. The number of hydrogen-bond acceptors (Lipinski definition) is 5. The van der Waals surface area contributed by atoms with Gasteiger partial charge in [0.15, 0.2) is 5.82 Å². The predicted octanol–water partition coefficient (Wildman–Crippen LogP) is 2.05. The Kier molecular flexibility index (Phi) is 5.81.